The Morgan fingerprint density at radius 3 is 0.907 bits per heavy atom. The number of esters is 1. The summed E-state index contributed by atoms with van der Waals surface area (Å²) >= 11 is 0. The molecule has 0 saturated carbocycles. The van der Waals surface area contributed by atoms with Crippen molar-refractivity contribution in [1.29, 1.82) is 0 Å². The van der Waals surface area contributed by atoms with Crippen LogP contribution in [0.25, 0.3) is 0 Å². The van der Waals surface area contributed by atoms with Crippen molar-refractivity contribution in [2.75, 3.05) is 13.2 Å². The zero-order chi connectivity index (χ0) is 54.3. The molecule has 0 aromatic rings. The van der Waals surface area contributed by atoms with Gasteiger partial charge in [0.15, 0.2) is 0 Å². The van der Waals surface area contributed by atoms with Crippen molar-refractivity contribution in [1.82, 2.24) is 5.32 Å². The number of nitrogens with one attached hydrogen (secondary N) is 1. The van der Waals surface area contributed by atoms with Crippen LogP contribution in [0.1, 0.15) is 393 Å². The molecule has 1 amide bonds. The number of carbonyl (C=O) groups is 2. The molecule has 75 heavy (non-hydrogen) atoms. The topological polar surface area (TPSA) is 95.9 Å². The minimum absolute atomic E-state index is 0.0113. The highest BCUT2D eigenvalue weighted by molar-refractivity contribution is 5.76. The highest BCUT2D eigenvalue weighted by Crippen LogP contribution is 2.19. The molecule has 2 unspecified atom stereocenters. The number of aliphatic hydroxyl groups excluding tert-OH is 2. The highest BCUT2D eigenvalue weighted by Gasteiger charge is 2.18. The second-order valence-electron chi connectivity index (χ2n) is 23.9. The fourth-order valence-corrected chi connectivity index (χ4v) is 11.1. The lowest BCUT2D eigenvalue weighted by atomic mass is 10.0. The molecule has 3 N–H and O–H groups in total. The molecule has 0 saturated heterocycles. The molecule has 0 heterocycles. The summed E-state index contributed by atoms with van der Waals surface area (Å²) in [4.78, 5) is 24.6. The molecule has 2 atom stereocenters. The van der Waals surface area contributed by atoms with Crippen LogP contribution in [0.15, 0.2) is 12.2 Å². The van der Waals surface area contributed by atoms with E-state index in [1.807, 2.05) is 6.08 Å². The molecule has 0 radical (unpaired) electrons. The number of hydrogen-bond acceptors (Lipinski definition) is 5. The molecule has 0 aliphatic rings. The van der Waals surface area contributed by atoms with Crippen molar-refractivity contribution >= 4 is 11.9 Å². The van der Waals surface area contributed by atoms with Crippen LogP contribution in [0.2, 0.25) is 0 Å². The number of carbonyl (C=O) groups excluding carboxylic acids is 2. The SMILES string of the molecule is CCCCCCCCCCCCCCCCCCCCCCCC/C=C/C(O)C(CO)NC(=O)CCCCCCCCCCCCCCCCCCCCOC(=O)CCCCCCCCCCCCCCCCCC. The van der Waals surface area contributed by atoms with E-state index >= 15 is 0 Å². The van der Waals surface area contributed by atoms with Crippen molar-refractivity contribution in [2.45, 2.75) is 405 Å². The molecular formula is C69H135NO5. The zero-order valence-electron chi connectivity index (χ0n) is 51.1. The number of allylic oxidation sites excluding steroid dienone is 1. The molecule has 0 bridgehead atoms. The van der Waals surface area contributed by atoms with Crippen LogP contribution >= 0.6 is 0 Å². The van der Waals surface area contributed by atoms with E-state index in [0.717, 1.165) is 38.5 Å². The average molecular weight is 1060 g/mol. The van der Waals surface area contributed by atoms with Crippen molar-refractivity contribution in [3.63, 3.8) is 0 Å². The predicted molar refractivity (Wildman–Crippen MR) is 329 cm³/mol. The second-order valence-corrected chi connectivity index (χ2v) is 23.9. The van der Waals surface area contributed by atoms with Crippen LogP contribution in [0.3, 0.4) is 0 Å². The first kappa shape index (κ1) is 73.6. The highest BCUT2D eigenvalue weighted by atomic mass is 16.5. The van der Waals surface area contributed by atoms with Crippen molar-refractivity contribution in [2.24, 2.45) is 0 Å². The molecule has 0 fully saturated rings. The Balaban J connectivity index is 3.42. The number of hydrogen-bond donors (Lipinski definition) is 3. The molecular weight excluding hydrogens is 923 g/mol. The van der Waals surface area contributed by atoms with E-state index in [-0.39, 0.29) is 18.5 Å². The average Bonchev–Trinajstić information content (AvgIpc) is 3.41. The molecule has 6 heteroatoms. The number of amides is 1. The Morgan fingerprint density at radius 1 is 0.360 bits per heavy atom. The summed E-state index contributed by atoms with van der Waals surface area (Å²) in [6.07, 6.45) is 79.9. The Bertz CT molecular complexity index is 1130. The summed E-state index contributed by atoms with van der Waals surface area (Å²) in [5.74, 6) is -0.0557. The third-order valence-corrected chi connectivity index (χ3v) is 16.3. The third-order valence-electron chi connectivity index (χ3n) is 16.3. The van der Waals surface area contributed by atoms with E-state index in [2.05, 4.69) is 19.2 Å². The van der Waals surface area contributed by atoms with Gasteiger partial charge in [0.2, 0.25) is 5.91 Å². The molecule has 0 spiro atoms. The first-order chi connectivity index (χ1) is 37.0. The number of rotatable bonds is 65. The van der Waals surface area contributed by atoms with E-state index in [9.17, 15) is 19.8 Å². The zero-order valence-corrected chi connectivity index (χ0v) is 51.1. The summed E-state index contributed by atoms with van der Waals surface area (Å²) in [7, 11) is 0. The van der Waals surface area contributed by atoms with Gasteiger partial charge in [-0.3, -0.25) is 9.59 Å². The van der Waals surface area contributed by atoms with Crippen LogP contribution in [0, 0.1) is 0 Å². The Morgan fingerprint density at radius 2 is 0.613 bits per heavy atom. The van der Waals surface area contributed by atoms with Crippen LogP contribution in [-0.2, 0) is 14.3 Å². The lowest BCUT2D eigenvalue weighted by Gasteiger charge is -2.20. The maximum Gasteiger partial charge on any atom is 0.305 e. The summed E-state index contributed by atoms with van der Waals surface area (Å²) in [6, 6.07) is -0.632. The quantitative estimate of drug-likeness (QED) is 0.0320. The lowest BCUT2D eigenvalue weighted by Crippen LogP contribution is -2.45. The predicted octanol–water partition coefficient (Wildman–Crippen LogP) is 22.0. The van der Waals surface area contributed by atoms with Crippen molar-refractivity contribution < 1.29 is 24.5 Å². The Hall–Kier alpha value is -1.40. The fourth-order valence-electron chi connectivity index (χ4n) is 11.1. The number of unbranched alkanes of at least 4 members (excludes halogenated alkanes) is 54. The third kappa shape index (κ3) is 61.7. The van der Waals surface area contributed by atoms with Gasteiger partial charge in [-0.1, -0.05) is 360 Å². The normalized spacial score (nSPS) is 12.5. The minimum atomic E-state index is -0.848. The van der Waals surface area contributed by atoms with Gasteiger partial charge in [0.1, 0.15) is 0 Å². The van der Waals surface area contributed by atoms with Crippen molar-refractivity contribution in [3.8, 4) is 0 Å². The fraction of sp³-hybridized carbons (Fsp3) is 0.942. The molecule has 0 aromatic heterocycles. The van der Waals surface area contributed by atoms with Gasteiger partial charge < -0.3 is 20.3 Å². The van der Waals surface area contributed by atoms with Crippen LogP contribution in [0.4, 0.5) is 0 Å². The molecule has 0 aromatic carbocycles. The molecule has 0 aliphatic heterocycles. The van der Waals surface area contributed by atoms with Gasteiger partial charge in [0.25, 0.3) is 0 Å². The van der Waals surface area contributed by atoms with E-state index in [1.54, 1.807) is 6.08 Å². The van der Waals surface area contributed by atoms with Gasteiger partial charge in [-0.25, -0.2) is 0 Å². The maximum atomic E-state index is 12.5. The van der Waals surface area contributed by atoms with Crippen LogP contribution in [-0.4, -0.2) is 47.4 Å². The van der Waals surface area contributed by atoms with Gasteiger partial charge >= 0.3 is 5.97 Å². The first-order valence-corrected chi connectivity index (χ1v) is 34.5. The summed E-state index contributed by atoms with van der Waals surface area (Å²) in [6.45, 7) is 4.94. The minimum Gasteiger partial charge on any atom is -0.466 e. The van der Waals surface area contributed by atoms with Crippen molar-refractivity contribution in [3.05, 3.63) is 12.2 Å². The number of aliphatic hydroxyl groups is 2. The smallest absolute Gasteiger partial charge is 0.305 e. The first-order valence-electron chi connectivity index (χ1n) is 34.5. The van der Waals surface area contributed by atoms with Crippen LogP contribution < -0.4 is 5.32 Å². The van der Waals surface area contributed by atoms with E-state index in [4.69, 9.17) is 4.74 Å². The standard InChI is InChI=1S/C69H135NO5/c1-3-5-7-9-11-13-15-17-19-21-22-23-24-25-26-27-30-33-37-41-45-49-53-57-61-67(72)66(65-71)70-68(73)62-58-54-50-46-42-38-34-31-28-29-32-36-40-44-48-52-56-60-64-75-69(74)63-59-55-51-47-43-39-35-20-18-16-14-12-10-8-6-4-2/h57,61,66-67,71-72H,3-56,58-60,62-65H2,1-2H3,(H,70,73)/b61-57+. The molecule has 0 aliphatic carbocycles. The molecule has 0 rings (SSSR count). The molecule has 446 valence electrons. The van der Waals surface area contributed by atoms with E-state index < -0.39 is 12.1 Å². The van der Waals surface area contributed by atoms with Gasteiger partial charge in [0, 0.05) is 12.8 Å². The Kier molecular flexibility index (Phi) is 63.9. The second kappa shape index (κ2) is 65.1. The number of ether oxygens (including phenoxy) is 1. The van der Waals surface area contributed by atoms with Gasteiger partial charge in [0.05, 0.1) is 25.4 Å². The van der Waals surface area contributed by atoms with E-state index in [0.29, 0.717) is 19.4 Å². The lowest BCUT2D eigenvalue weighted by molar-refractivity contribution is -0.143. The van der Waals surface area contributed by atoms with Gasteiger partial charge in [-0.15, -0.1) is 0 Å². The summed E-state index contributed by atoms with van der Waals surface area (Å²) in [5.41, 5.74) is 0. The van der Waals surface area contributed by atoms with Crippen LogP contribution in [0.5, 0.6) is 0 Å². The Labute approximate surface area is 469 Å². The van der Waals surface area contributed by atoms with Gasteiger partial charge in [-0.2, -0.15) is 0 Å². The monoisotopic (exact) mass is 1060 g/mol. The van der Waals surface area contributed by atoms with Gasteiger partial charge in [-0.05, 0) is 32.1 Å². The summed E-state index contributed by atoms with van der Waals surface area (Å²) < 4.78 is 5.50. The van der Waals surface area contributed by atoms with E-state index in [1.165, 1.54) is 327 Å². The largest absolute Gasteiger partial charge is 0.466 e. The molecule has 6 nitrogen and oxygen atoms in total. The maximum absolute atomic E-state index is 12.5. The summed E-state index contributed by atoms with van der Waals surface area (Å²) in [5, 5.41) is 23.3.